The van der Waals surface area contributed by atoms with Crippen LogP contribution in [-0.4, -0.2) is 24.2 Å². The molecule has 1 fully saturated rings. The third-order valence-corrected chi connectivity index (χ3v) is 3.56. The lowest BCUT2D eigenvalue weighted by atomic mass is 10.1. The van der Waals surface area contributed by atoms with Gasteiger partial charge in [-0.1, -0.05) is 22.0 Å². The van der Waals surface area contributed by atoms with E-state index < -0.39 is 6.10 Å². The first-order valence-electron chi connectivity index (χ1n) is 6.43. The Balaban J connectivity index is 1.89. The summed E-state index contributed by atoms with van der Waals surface area (Å²) in [5, 5.41) is 12.5. The Morgan fingerprint density at radius 3 is 2.95 bits per heavy atom. The van der Waals surface area contributed by atoms with E-state index >= 15 is 0 Å². The standard InChI is InChI=1S/C14H18BrNO3/c1-9(17)12-5-4-11(15)6-13(12)19-8-14(18)16-7-10-2-3-10/h4-6,9-10,17H,2-3,7-8H2,1H3,(H,16,18)/t9-/m0/s1. The minimum Gasteiger partial charge on any atom is -0.483 e. The normalized spacial score (nSPS) is 15.9. The van der Waals surface area contributed by atoms with Crippen LogP contribution in [0.4, 0.5) is 0 Å². The first-order valence-corrected chi connectivity index (χ1v) is 7.22. The fourth-order valence-corrected chi connectivity index (χ4v) is 2.09. The van der Waals surface area contributed by atoms with Crippen LogP contribution in [0.15, 0.2) is 22.7 Å². The number of amides is 1. The van der Waals surface area contributed by atoms with Crippen LogP contribution in [0.2, 0.25) is 0 Å². The molecule has 0 spiro atoms. The molecule has 104 valence electrons. The molecule has 0 aliphatic heterocycles. The maximum absolute atomic E-state index is 11.6. The summed E-state index contributed by atoms with van der Waals surface area (Å²) in [6, 6.07) is 5.38. The molecule has 0 saturated heterocycles. The Labute approximate surface area is 121 Å². The first kappa shape index (κ1) is 14.3. The van der Waals surface area contributed by atoms with E-state index in [1.54, 1.807) is 19.1 Å². The summed E-state index contributed by atoms with van der Waals surface area (Å²) in [5.74, 6) is 1.07. The van der Waals surface area contributed by atoms with Crippen molar-refractivity contribution < 1.29 is 14.6 Å². The third-order valence-electron chi connectivity index (χ3n) is 3.07. The van der Waals surface area contributed by atoms with Gasteiger partial charge in [0.15, 0.2) is 6.61 Å². The number of rotatable bonds is 6. The van der Waals surface area contributed by atoms with Gasteiger partial charge >= 0.3 is 0 Å². The smallest absolute Gasteiger partial charge is 0.257 e. The van der Waals surface area contributed by atoms with Crippen molar-refractivity contribution in [2.75, 3.05) is 13.2 Å². The maximum Gasteiger partial charge on any atom is 0.257 e. The fourth-order valence-electron chi connectivity index (χ4n) is 1.75. The summed E-state index contributed by atoms with van der Waals surface area (Å²) >= 11 is 3.35. The van der Waals surface area contributed by atoms with E-state index in [4.69, 9.17) is 4.74 Å². The summed E-state index contributed by atoms with van der Waals surface area (Å²) in [6.07, 6.45) is 1.79. The van der Waals surface area contributed by atoms with Crippen molar-refractivity contribution in [3.8, 4) is 5.75 Å². The second kappa shape index (κ2) is 6.39. The molecule has 0 unspecified atom stereocenters. The van der Waals surface area contributed by atoms with Gasteiger partial charge in [-0.2, -0.15) is 0 Å². The Kier molecular flexibility index (Phi) is 4.82. The van der Waals surface area contributed by atoms with Crippen LogP contribution in [0.3, 0.4) is 0 Å². The topological polar surface area (TPSA) is 58.6 Å². The van der Waals surface area contributed by atoms with Gasteiger partial charge in [0.2, 0.25) is 0 Å². The number of nitrogens with one attached hydrogen (secondary N) is 1. The Morgan fingerprint density at radius 1 is 1.58 bits per heavy atom. The van der Waals surface area contributed by atoms with Crippen molar-refractivity contribution in [3.05, 3.63) is 28.2 Å². The van der Waals surface area contributed by atoms with Gasteiger partial charge < -0.3 is 15.2 Å². The van der Waals surface area contributed by atoms with Gasteiger partial charge in [-0.05, 0) is 37.8 Å². The molecule has 2 N–H and O–H groups in total. The highest BCUT2D eigenvalue weighted by molar-refractivity contribution is 9.10. The van der Waals surface area contributed by atoms with Gasteiger partial charge in [0.1, 0.15) is 5.75 Å². The van der Waals surface area contributed by atoms with Gasteiger partial charge in [0.05, 0.1) is 6.10 Å². The SMILES string of the molecule is C[C@H](O)c1ccc(Br)cc1OCC(=O)NCC1CC1. The van der Waals surface area contributed by atoms with Crippen LogP contribution in [0.1, 0.15) is 31.4 Å². The van der Waals surface area contributed by atoms with E-state index in [9.17, 15) is 9.90 Å². The number of halogens is 1. The van der Waals surface area contributed by atoms with Crippen molar-refractivity contribution in [1.82, 2.24) is 5.32 Å². The molecule has 1 amide bonds. The molecule has 1 aliphatic carbocycles. The van der Waals surface area contributed by atoms with Crippen molar-refractivity contribution >= 4 is 21.8 Å². The van der Waals surface area contributed by atoms with Crippen molar-refractivity contribution in [2.45, 2.75) is 25.9 Å². The Hall–Kier alpha value is -1.07. The number of aliphatic hydroxyl groups is 1. The molecule has 2 rings (SSSR count). The number of hydrogen-bond acceptors (Lipinski definition) is 3. The zero-order chi connectivity index (χ0) is 13.8. The molecule has 1 saturated carbocycles. The lowest BCUT2D eigenvalue weighted by Gasteiger charge is -2.13. The number of aliphatic hydroxyl groups excluding tert-OH is 1. The van der Waals surface area contributed by atoms with Crippen LogP contribution in [0, 0.1) is 5.92 Å². The highest BCUT2D eigenvalue weighted by Crippen LogP contribution is 2.29. The molecule has 0 aromatic heterocycles. The summed E-state index contributed by atoms with van der Waals surface area (Å²) in [5.41, 5.74) is 0.679. The molecule has 0 heterocycles. The quantitative estimate of drug-likeness (QED) is 0.843. The van der Waals surface area contributed by atoms with Crippen LogP contribution in [-0.2, 0) is 4.79 Å². The van der Waals surface area contributed by atoms with Gasteiger partial charge in [-0.3, -0.25) is 4.79 Å². The average Bonchev–Trinajstić information content (AvgIpc) is 3.17. The average molecular weight is 328 g/mol. The largest absolute Gasteiger partial charge is 0.483 e. The van der Waals surface area contributed by atoms with Gasteiger partial charge in [0.25, 0.3) is 5.91 Å². The molecule has 5 heteroatoms. The Morgan fingerprint density at radius 2 is 2.32 bits per heavy atom. The lowest BCUT2D eigenvalue weighted by Crippen LogP contribution is -2.30. The van der Waals surface area contributed by atoms with E-state index in [0.717, 1.165) is 11.0 Å². The molecule has 19 heavy (non-hydrogen) atoms. The third kappa shape index (κ3) is 4.51. The maximum atomic E-state index is 11.6. The van der Waals surface area contributed by atoms with E-state index in [1.165, 1.54) is 12.8 Å². The lowest BCUT2D eigenvalue weighted by molar-refractivity contribution is -0.123. The molecular weight excluding hydrogens is 310 g/mol. The molecule has 1 aromatic rings. The second-order valence-corrected chi connectivity index (χ2v) is 5.81. The number of ether oxygens (including phenoxy) is 1. The van der Waals surface area contributed by atoms with Crippen LogP contribution in [0.25, 0.3) is 0 Å². The van der Waals surface area contributed by atoms with Crippen molar-refractivity contribution in [2.24, 2.45) is 5.92 Å². The zero-order valence-electron chi connectivity index (χ0n) is 10.9. The molecule has 4 nitrogen and oxygen atoms in total. The number of benzene rings is 1. The van der Waals surface area contributed by atoms with Gasteiger partial charge in [-0.15, -0.1) is 0 Å². The zero-order valence-corrected chi connectivity index (χ0v) is 12.4. The monoisotopic (exact) mass is 327 g/mol. The predicted octanol–water partition coefficient (Wildman–Crippen LogP) is 2.41. The predicted molar refractivity (Wildman–Crippen MR) is 76.0 cm³/mol. The molecule has 1 aromatic carbocycles. The first-order chi connectivity index (χ1) is 9.06. The highest BCUT2D eigenvalue weighted by Gasteiger charge is 2.21. The van der Waals surface area contributed by atoms with E-state index in [0.29, 0.717) is 17.2 Å². The van der Waals surface area contributed by atoms with Gasteiger partial charge in [0, 0.05) is 16.6 Å². The number of hydrogen-bond donors (Lipinski definition) is 2. The van der Waals surface area contributed by atoms with Crippen LogP contribution < -0.4 is 10.1 Å². The minimum atomic E-state index is -0.627. The van der Waals surface area contributed by atoms with E-state index in [1.807, 2.05) is 6.07 Å². The van der Waals surface area contributed by atoms with Crippen molar-refractivity contribution in [1.29, 1.82) is 0 Å². The summed E-state index contributed by atoms with van der Waals surface area (Å²) in [7, 11) is 0. The minimum absolute atomic E-state index is 0.0249. The van der Waals surface area contributed by atoms with Crippen LogP contribution >= 0.6 is 15.9 Å². The highest BCUT2D eigenvalue weighted by atomic mass is 79.9. The number of carbonyl (C=O) groups excluding carboxylic acids is 1. The van der Waals surface area contributed by atoms with Gasteiger partial charge in [-0.25, -0.2) is 0 Å². The summed E-state index contributed by atoms with van der Waals surface area (Å²) in [6.45, 7) is 2.39. The fraction of sp³-hybridized carbons (Fsp3) is 0.500. The van der Waals surface area contributed by atoms with Crippen molar-refractivity contribution in [3.63, 3.8) is 0 Å². The molecule has 0 radical (unpaired) electrons. The summed E-state index contributed by atoms with van der Waals surface area (Å²) in [4.78, 5) is 11.6. The second-order valence-electron chi connectivity index (χ2n) is 4.89. The number of carbonyl (C=O) groups is 1. The van der Waals surface area contributed by atoms with E-state index in [2.05, 4.69) is 21.2 Å². The summed E-state index contributed by atoms with van der Waals surface area (Å²) < 4.78 is 6.34. The molecular formula is C14H18BrNO3. The Bertz CT molecular complexity index is 458. The van der Waals surface area contributed by atoms with Crippen LogP contribution in [0.5, 0.6) is 5.75 Å². The molecule has 0 bridgehead atoms. The molecule has 1 atom stereocenters. The van der Waals surface area contributed by atoms with E-state index in [-0.39, 0.29) is 12.5 Å². The molecule has 1 aliphatic rings.